The minimum absolute atomic E-state index is 0.0478. The van der Waals surface area contributed by atoms with Crippen LogP contribution in [-0.2, 0) is 9.59 Å². The Morgan fingerprint density at radius 3 is 2.31 bits per heavy atom. The van der Waals surface area contributed by atoms with Gasteiger partial charge >= 0.3 is 0 Å². The van der Waals surface area contributed by atoms with Gasteiger partial charge in [0.05, 0.1) is 7.05 Å². The number of anilines is 1. The average Bonchev–Trinajstić information content (AvgIpc) is 2.63. The van der Waals surface area contributed by atoms with Crippen LogP contribution in [0.1, 0.15) is 30.5 Å². The molecule has 0 saturated heterocycles. The number of quaternary nitrogens is 1. The number of hydrogen-bond acceptors (Lipinski definition) is 2. The van der Waals surface area contributed by atoms with E-state index in [-0.39, 0.29) is 18.4 Å². The van der Waals surface area contributed by atoms with Crippen LogP contribution in [0, 0.1) is 6.92 Å². The van der Waals surface area contributed by atoms with Crippen LogP contribution in [0.5, 0.6) is 0 Å². The van der Waals surface area contributed by atoms with Gasteiger partial charge in [0.1, 0.15) is 0 Å². The maximum Gasteiger partial charge on any atom is 0.287 e. The molecule has 26 heavy (non-hydrogen) atoms. The molecule has 0 aliphatic carbocycles. The first-order valence-corrected chi connectivity index (χ1v) is 9.02. The molecular weight excluding hydrogens is 326 g/mol. The molecule has 2 aromatic carbocycles. The first-order valence-electron chi connectivity index (χ1n) is 9.02. The normalized spacial score (nSPS) is 12.9. The molecule has 2 amide bonds. The number of hydrogen-bond donors (Lipinski definition) is 3. The molecule has 0 aliphatic rings. The van der Waals surface area contributed by atoms with E-state index >= 15 is 0 Å². The van der Waals surface area contributed by atoms with Crippen molar-refractivity contribution in [2.75, 3.05) is 25.5 Å². The Bertz CT molecular complexity index is 714. The van der Waals surface area contributed by atoms with Crippen molar-refractivity contribution in [3.63, 3.8) is 0 Å². The number of carbonyl (C=O) groups is 2. The predicted octanol–water partition coefficient (Wildman–Crippen LogP) is 1.72. The molecule has 0 bridgehead atoms. The molecule has 3 N–H and O–H groups in total. The molecule has 0 fully saturated rings. The number of rotatable bonds is 8. The highest BCUT2D eigenvalue weighted by Crippen LogP contribution is 2.14. The van der Waals surface area contributed by atoms with Crippen molar-refractivity contribution in [1.29, 1.82) is 0 Å². The fourth-order valence-electron chi connectivity index (χ4n) is 2.84. The third-order valence-electron chi connectivity index (χ3n) is 4.22. The van der Waals surface area contributed by atoms with Gasteiger partial charge in [0.2, 0.25) is 0 Å². The van der Waals surface area contributed by atoms with E-state index in [1.165, 1.54) is 0 Å². The van der Waals surface area contributed by atoms with Gasteiger partial charge in [-0.15, -0.1) is 0 Å². The maximum atomic E-state index is 13.0. The summed E-state index contributed by atoms with van der Waals surface area (Å²) < 4.78 is 0. The number of nitrogens with one attached hydrogen (secondary N) is 3. The van der Waals surface area contributed by atoms with E-state index in [9.17, 15) is 9.59 Å². The van der Waals surface area contributed by atoms with Crippen molar-refractivity contribution in [2.45, 2.75) is 26.3 Å². The Morgan fingerprint density at radius 1 is 1.04 bits per heavy atom. The highest BCUT2D eigenvalue weighted by Gasteiger charge is 2.30. The standard InChI is InChI=1S/C21H27N3O2/c1-4-14-22-19(25)15-24(3)20(17-8-6-5-7-9-17)21(26)23-18-12-10-16(2)11-13-18/h5-13,20H,4,14-15H2,1-3H3,(H,22,25)(H,23,26)/p+1/t20-/m1/s1. The fourth-order valence-corrected chi connectivity index (χ4v) is 2.84. The molecule has 138 valence electrons. The second-order valence-corrected chi connectivity index (χ2v) is 6.57. The molecular formula is C21H28N3O2+. The fraction of sp³-hybridized carbons (Fsp3) is 0.333. The van der Waals surface area contributed by atoms with Crippen LogP contribution < -0.4 is 15.5 Å². The number of carbonyl (C=O) groups excluding carboxylic acids is 2. The number of aryl methyl sites for hydroxylation is 1. The Kier molecular flexibility index (Phi) is 7.36. The zero-order valence-electron chi connectivity index (χ0n) is 15.7. The molecule has 5 nitrogen and oxygen atoms in total. The zero-order valence-corrected chi connectivity index (χ0v) is 15.7. The van der Waals surface area contributed by atoms with E-state index < -0.39 is 6.04 Å². The molecule has 5 heteroatoms. The van der Waals surface area contributed by atoms with Crippen molar-refractivity contribution in [3.05, 3.63) is 65.7 Å². The lowest BCUT2D eigenvalue weighted by Gasteiger charge is -2.24. The van der Waals surface area contributed by atoms with Crippen molar-refractivity contribution in [2.24, 2.45) is 0 Å². The second kappa shape index (κ2) is 9.73. The van der Waals surface area contributed by atoms with E-state index in [0.29, 0.717) is 6.54 Å². The molecule has 1 unspecified atom stereocenters. The van der Waals surface area contributed by atoms with Crippen LogP contribution in [0.4, 0.5) is 5.69 Å². The third-order valence-corrected chi connectivity index (χ3v) is 4.22. The van der Waals surface area contributed by atoms with Gasteiger partial charge in [0.15, 0.2) is 12.6 Å². The van der Waals surface area contributed by atoms with Crippen molar-refractivity contribution in [3.8, 4) is 0 Å². The topological polar surface area (TPSA) is 62.6 Å². The zero-order chi connectivity index (χ0) is 18.9. The SMILES string of the molecule is CCCNC(=O)C[NH+](C)[C@@H](C(=O)Nc1ccc(C)cc1)c1ccccc1. The monoisotopic (exact) mass is 354 g/mol. The highest BCUT2D eigenvalue weighted by atomic mass is 16.2. The number of benzene rings is 2. The summed E-state index contributed by atoms with van der Waals surface area (Å²) in [6.45, 7) is 4.91. The summed E-state index contributed by atoms with van der Waals surface area (Å²) in [6, 6.07) is 16.8. The predicted molar refractivity (Wildman–Crippen MR) is 104 cm³/mol. The molecule has 0 aromatic heterocycles. The molecule has 0 saturated carbocycles. The molecule has 2 rings (SSSR count). The number of likely N-dealkylation sites (N-methyl/N-ethyl adjacent to an activating group) is 1. The molecule has 0 aliphatic heterocycles. The van der Waals surface area contributed by atoms with E-state index in [0.717, 1.165) is 28.1 Å². The highest BCUT2D eigenvalue weighted by molar-refractivity contribution is 5.94. The van der Waals surface area contributed by atoms with Gasteiger partial charge in [-0.2, -0.15) is 0 Å². The van der Waals surface area contributed by atoms with Gasteiger partial charge in [0, 0.05) is 17.8 Å². The van der Waals surface area contributed by atoms with E-state index in [1.807, 2.05) is 75.5 Å². The Hall–Kier alpha value is -2.66. The third kappa shape index (κ3) is 5.70. The van der Waals surface area contributed by atoms with Gasteiger partial charge in [-0.25, -0.2) is 0 Å². The van der Waals surface area contributed by atoms with Gasteiger partial charge in [-0.3, -0.25) is 9.59 Å². The quantitative estimate of drug-likeness (QED) is 0.676. The average molecular weight is 354 g/mol. The Morgan fingerprint density at radius 2 is 1.69 bits per heavy atom. The molecule has 2 aromatic rings. The van der Waals surface area contributed by atoms with E-state index in [1.54, 1.807) is 0 Å². The lowest BCUT2D eigenvalue weighted by atomic mass is 10.0. The minimum Gasteiger partial charge on any atom is -0.351 e. The van der Waals surface area contributed by atoms with Gasteiger partial charge in [0.25, 0.3) is 11.8 Å². The Labute approximate surface area is 155 Å². The van der Waals surface area contributed by atoms with Crippen LogP contribution in [0.25, 0.3) is 0 Å². The Balaban J connectivity index is 2.16. The van der Waals surface area contributed by atoms with Crippen molar-refractivity contribution in [1.82, 2.24) is 5.32 Å². The summed E-state index contributed by atoms with van der Waals surface area (Å²) in [7, 11) is 1.87. The van der Waals surface area contributed by atoms with Crippen molar-refractivity contribution >= 4 is 17.5 Å². The number of amides is 2. The van der Waals surface area contributed by atoms with Crippen LogP contribution in [0.2, 0.25) is 0 Å². The lowest BCUT2D eigenvalue weighted by molar-refractivity contribution is -0.894. The first kappa shape index (κ1) is 19.7. The summed E-state index contributed by atoms with van der Waals surface area (Å²) >= 11 is 0. The lowest BCUT2D eigenvalue weighted by Crippen LogP contribution is -3.11. The molecule has 0 spiro atoms. The van der Waals surface area contributed by atoms with Crippen molar-refractivity contribution < 1.29 is 14.5 Å². The molecule has 2 atom stereocenters. The van der Waals surface area contributed by atoms with Crippen LogP contribution in [0.3, 0.4) is 0 Å². The molecule has 0 heterocycles. The summed E-state index contributed by atoms with van der Waals surface area (Å²) in [5.41, 5.74) is 2.78. The van der Waals surface area contributed by atoms with E-state index in [4.69, 9.17) is 0 Å². The minimum atomic E-state index is -0.468. The van der Waals surface area contributed by atoms with Gasteiger partial charge in [-0.05, 0) is 25.5 Å². The largest absolute Gasteiger partial charge is 0.351 e. The summed E-state index contributed by atoms with van der Waals surface area (Å²) in [6.07, 6.45) is 0.890. The van der Waals surface area contributed by atoms with Crippen LogP contribution >= 0.6 is 0 Å². The summed E-state index contributed by atoms with van der Waals surface area (Å²) in [4.78, 5) is 25.9. The van der Waals surface area contributed by atoms with Crippen LogP contribution in [-0.4, -0.2) is 32.0 Å². The smallest absolute Gasteiger partial charge is 0.287 e. The second-order valence-electron chi connectivity index (χ2n) is 6.57. The van der Waals surface area contributed by atoms with Crippen LogP contribution in [0.15, 0.2) is 54.6 Å². The maximum absolute atomic E-state index is 13.0. The summed E-state index contributed by atoms with van der Waals surface area (Å²) in [5, 5.41) is 5.85. The molecule has 0 radical (unpaired) electrons. The van der Waals surface area contributed by atoms with Gasteiger partial charge < -0.3 is 15.5 Å². The summed E-state index contributed by atoms with van der Waals surface area (Å²) in [5.74, 6) is -0.172. The first-order chi connectivity index (χ1) is 12.5. The van der Waals surface area contributed by atoms with Gasteiger partial charge in [-0.1, -0.05) is 55.0 Å². The van der Waals surface area contributed by atoms with E-state index in [2.05, 4.69) is 10.6 Å².